The van der Waals surface area contributed by atoms with Gasteiger partial charge in [-0.1, -0.05) is 15.9 Å². The van der Waals surface area contributed by atoms with Crippen LogP contribution in [0.15, 0.2) is 41.0 Å². The largest absolute Gasteiger partial charge is 0.507 e. The van der Waals surface area contributed by atoms with Crippen molar-refractivity contribution in [3.05, 3.63) is 52.3 Å². The fourth-order valence-electron chi connectivity index (χ4n) is 1.46. The molecule has 1 heterocycles. The Kier molecular flexibility index (Phi) is 4.01. The van der Waals surface area contributed by atoms with Crippen molar-refractivity contribution in [1.82, 2.24) is 4.98 Å². The van der Waals surface area contributed by atoms with Gasteiger partial charge in [-0.3, -0.25) is 4.79 Å². The number of rotatable bonds is 4. The van der Waals surface area contributed by atoms with Crippen molar-refractivity contribution >= 4 is 27.7 Å². The Morgan fingerprint density at radius 2 is 2.11 bits per heavy atom. The number of benzene rings is 1. The Morgan fingerprint density at radius 1 is 1.32 bits per heavy atom. The first-order valence-corrected chi connectivity index (χ1v) is 6.19. The van der Waals surface area contributed by atoms with Crippen molar-refractivity contribution in [2.24, 2.45) is 0 Å². The summed E-state index contributed by atoms with van der Waals surface area (Å²) >= 11 is 3.19. The quantitative estimate of drug-likeness (QED) is 0.669. The number of aromatic nitrogens is 1. The van der Waals surface area contributed by atoms with Crippen molar-refractivity contribution in [1.29, 1.82) is 0 Å². The number of nitrogens with one attached hydrogen (secondary N) is 1. The van der Waals surface area contributed by atoms with Crippen molar-refractivity contribution in [3.63, 3.8) is 0 Å². The summed E-state index contributed by atoms with van der Waals surface area (Å²) in [6, 6.07) is 7.66. The van der Waals surface area contributed by atoms with E-state index in [2.05, 4.69) is 20.9 Å². The lowest BCUT2D eigenvalue weighted by Crippen LogP contribution is -2.14. The van der Waals surface area contributed by atoms with E-state index in [0.717, 1.165) is 0 Å². The van der Waals surface area contributed by atoms with Crippen LogP contribution in [0.5, 0.6) is 5.75 Å². The highest BCUT2D eigenvalue weighted by atomic mass is 79.9. The van der Waals surface area contributed by atoms with Gasteiger partial charge in [-0.2, -0.15) is 0 Å². The van der Waals surface area contributed by atoms with Crippen LogP contribution in [0.25, 0.3) is 0 Å². The lowest BCUT2D eigenvalue weighted by molar-refractivity contribution is 0.0470. The molecule has 0 unspecified atom stereocenters. The van der Waals surface area contributed by atoms with Crippen molar-refractivity contribution in [2.75, 3.05) is 6.61 Å². The van der Waals surface area contributed by atoms with Gasteiger partial charge in [0.05, 0.1) is 5.69 Å². The average Bonchev–Trinajstić information content (AvgIpc) is 2.92. The highest BCUT2D eigenvalue weighted by Gasteiger charge is 2.15. The summed E-state index contributed by atoms with van der Waals surface area (Å²) in [5.41, 5.74) is 0.375. The number of hydrogen-bond donors (Lipinski definition) is 2. The number of Topliss-reactive ketones (excluding diaryl/α,β-unsaturated/α-hetero) is 1. The van der Waals surface area contributed by atoms with Gasteiger partial charge in [-0.05, 0) is 30.3 Å². The second-order valence-electron chi connectivity index (χ2n) is 3.74. The van der Waals surface area contributed by atoms with E-state index in [1.165, 1.54) is 12.1 Å². The van der Waals surface area contributed by atoms with Crippen molar-refractivity contribution in [3.8, 4) is 5.75 Å². The first-order valence-electron chi connectivity index (χ1n) is 5.40. The molecule has 0 radical (unpaired) electrons. The molecule has 5 nitrogen and oxygen atoms in total. The van der Waals surface area contributed by atoms with Crippen LogP contribution in [0.3, 0.4) is 0 Å². The molecule has 0 saturated carbocycles. The topological polar surface area (TPSA) is 79.4 Å². The molecule has 0 atom stereocenters. The van der Waals surface area contributed by atoms with Gasteiger partial charge in [-0.25, -0.2) is 4.79 Å². The summed E-state index contributed by atoms with van der Waals surface area (Å²) in [5.74, 6) is -1.29. The minimum atomic E-state index is -0.751. The van der Waals surface area contributed by atoms with Gasteiger partial charge in [0.1, 0.15) is 11.3 Å². The predicted molar refractivity (Wildman–Crippen MR) is 71.2 cm³/mol. The summed E-state index contributed by atoms with van der Waals surface area (Å²) in [6.45, 7) is -0.384. The number of ether oxygens (including phenoxy) is 1. The molecule has 6 heteroatoms. The van der Waals surface area contributed by atoms with Gasteiger partial charge >= 0.3 is 5.97 Å². The Bertz CT molecular complexity index is 607. The number of phenolic OH excluding ortho intramolecular Hbond substituents is 1. The fraction of sp³-hybridized carbons (Fsp3) is 0.0769. The highest BCUT2D eigenvalue weighted by molar-refractivity contribution is 9.10. The minimum Gasteiger partial charge on any atom is -0.507 e. The van der Waals surface area contributed by atoms with Gasteiger partial charge in [0.25, 0.3) is 0 Å². The van der Waals surface area contributed by atoms with Crippen LogP contribution in [-0.2, 0) is 4.74 Å². The smallest absolute Gasteiger partial charge is 0.342 e. The van der Waals surface area contributed by atoms with Crippen LogP contribution in [0.1, 0.15) is 20.8 Å². The maximum atomic E-state index is 11.7. The fourth-order valence-corrected chi connectivity index (χ4v) is 1.82. The number of esters is 1. The van der Waals surface area contributed by atoms with Gasteiger partial charge < -0.3 is 14.8 Å². The predicted octanol–water partition coefficient (Wildman–Crippen LogP) is 2.52. The van der Waals surface area contributed by atoms with E-state index in [0.29, 0.717) is 10.2 Å². The molecule has 0 amide bonds. The number of hydrogen-bond acceptors (Lipinski definition) is 4. The highest BCUT2D eigenvalue weighted by Crippen LogP contribution is 2.22. The van der Waals surface area contributed by atoms with E-state index in [1.54, 1.807) is 24.4 Å². The molecule has 98 valence electrons. The van der Waals surface area contributed by atoms with E-state index in [9.17, 15) is 14.7 Å². The lowest BCUT2D eigenvalue weighted by Gasteiger charge is -2.05. The van der Waals surface area contributed by atoms with Gasteiger partial charge in [-0.15, -0.1) is 0 Å². The normalized spacial score (nSPS) is 10.2. The van der Waals surface area contributed by atoms with Gasteiger partial charge in [0.2, 0.25) is 5.78 Å². The summed E-state index contributed by atoms with van der Waals surface area (Å²) in [7, 11) is 0. The number of carbonyl (C=O) groups is 2. The maximum absolute atomic E-state index is 11.7. The number of aromatic hydroxyl groups is 1. The Hall–Kier alpha value is -2.08. The number of aromatic amines is 1. The van der Waals surface area contributed by atoms with E-state index in [1.807, 2.05) is 0 Å². The number of phenols is 1. The first-order chi connectivity index (χ1) is 9.08. The molecular weight excluding hydrogens is 314 g/mol. The Labute approximate surface area is 117 Å². The molecule has 19 heavy (non-hydrogen) atoms. The molecule has 0 spiro atoms. The summed E-state index contributed by atoms with van der Waals surface area (Å²) < 4.78 is 5.49. The number of carbonyl (C=O) groups excluding carboxylic acids is 2. The van der Waals surface area contributed by atoms with Gasteiger partial charge in [0, 0.05) is 10.7 Å². The number of H-pyrrole nitrogens is 1. The molecule has 0 aliphatic heterocycles. The Morgan fingerprint density at radius 3 is 2.79 bits per heavy atom. The van der Waals surface area contributed by atoms with E-state index in [-0.39, 0.29) is 23.7 Å². The zero-order valence-electron chi connectivity index (χ0n) is 9.72. The summed E-state index contributed by atoms with van der Waals surface area (Å²) in [5, 5.41) is 9.54. The third-order valence-electron chi connectivity index (χ3n) is 2.41. The van der Waals surface area contributed by atoms with Crippen LogP contribution in [-0.4, -0.2) is 28.4 Å². The molecule has 0 saturated heterocycles. The van der Waals surface area contributed by atoms with E-state index in [4.69, 9.17) is 4.74 Å². The monoisotopic (exact) mass is 323 g/mol. The van der Waals surface area contributed by atoms with Gasteiger partial charge in [0.15, 0.2) is 6.61 Å². The van der Waals surface area contributed by atoms with Crippen molar-refractivity contribution in [2.45, 2.75) is 0 Å². The van der Waals surface area contributed by atoms with Crippen LogP contribution < -0.4 is 0 Å². The SMILES string of the molecule is O=C(COC(=O)c1cc(Br)ccc1O)c1ccc[nH]1. The molecular formula is C13H10BrNO4. The van der Waals surface area contributed by atoms with E-state index >= 15 is 0 Å². The molecule has 2 aromatic rings. The van der Waals surface area contributed by atoms with Crippen LogP contribution >= 0.6 is 15.9 Å². The molecule has 2 N–H and O–H groups in total. The first kappa shape index (κ1) is 13.4. The maximum Gasteiger partial charge on any atom is 0.342 e. The standard InChI is InChI=1S/C13H10BrNO4/c14-8-3-4-11(16)9(6-8)13(18)19-7-12(17)10-2-1-5-15-10/h1-6,15-16H,7H2. The van der Waals surface area contributed by atoms with Crippen LogP contribution in [0.4, 0.5) is 0 Å². The van der Waals surface area contributed by atoms with E-state index < -0.39 is 5.97 Å². The zero-order valence-corrected chi connectivity index (χ0v) is 11.3. The summed E-state index contributed by atoms with van der Waals surface area (Å²) in [4.78, 5) is 26.1. The zero-order chi connectivity index (χ0) is 13.8. The molecule has 0 aliphatic rings. The molecule has 0 fully saturated rings. The minimum absolute atomic E-state index is 0.00802. The average molecular weight is 324 g/mol. The summed E-state index contributed by atoms with van der Waals surface area (Å²) in [6.07, 6.45) is 1.61. The second kappa shape index (κ2) is 5.71. The number of halogens is 1. The third-order valence-corrected chi connectivity index (χ3v) is 2.90. The van der Waals surface area contributed by atoms with Crippen molar-refractivity contribution < 1.29 is 19.4 Å². The molecule has 1 aromatic carbocycles. The second-order valence-corrected chi connectivity index (χ2v) is 4.66. The number of ketones is 1. The molecule has 0 bridgehead atoms. The van der Waals surface area contributed by atoms with Crippen LogP contribution in [0, 0.1) is 0 Å². The lowest BCUT2D eigenvalue weighted by atomic mass is 10.2. The molecule has 1 aromatic heterocycles. The molecule has 2 rings (SSSR count). The van der Waals surface area contributed by atoms with Crippen LogP contribution in [0.2, 0.25) is 0 Å². The Balaban J connectivity index is 2.02. The third kappa shape index (κ3) is 3.23. The molecule has 0 aliphatic carbocycles.